The van der Waals surface area contributed by atoms with E-state index in [9.17, 15) is 18.4 Å². The normalized spacial score (nSPS) is 27.7. The van der Waals surface area contributed by atoms with Crippen LogP contribution < -0.4 is 0 Å². The van der Waals surface area contributed by atoms with Crippen LogP contribution in [0.25, 0.3) is 0 Å². The van der Waals surface area contributed by atoms with Crippen molar-refractivity contribution in [3.63, 3.8) is 0 Å². The third-order valence-corrected chi connectivity index (χ3v) is 4.32. The van der Waals surface area contributed by atoms with E-state index in [-0.39, 0.29) is 24.3 Å². The van der Waals surface area contributed by atoms with Gasteiger partial charge in [0.05, 0.1) is 5.92 Å². The zero-order chi connectivity index (χ0) is 15.1. The third-order valence-electron chi connectivity index (χ3n) is 4.32. The van der Waals surface area contributed by atoms with Crippen molar-refractivity contribution < 1.29 is 23.5 Å². The number of carbonyl (C=O) groups excluding carboxylic acids is 1. The van der Waals surface area contributed by atoms with Gasteiger partial charge in [-0.05, 0) is 30.4 Å². The number of hydrogen-bond donors (Lipinski definition) is 1. The van der Waals surface area contributed by atoms with E-state index in [0.29, 0.717) is 24.9 Å². The molecule has 0 radical (unpaired) electrons. The number of likely N-dealkylation sites (tertiary alicyclic amines) is 1. The maximum Gasteiger partial charge on any atom is 0.308 e. The van der Waals surface area contributed by atoms with Crippen LogP contribution in [0, 0.1) is 23.5 Å². The fourth-order valence-electron chi connectivity index (χ4n) is 3.01. The Bertz CT molecular complexity index is 605. The molecule has 0 bridgehead atoms. The van der Waals surface area contributed by atoms with Crippen LogP contribution in [0.3, 0.4) is 0 Å². The van der Waals surface area contributed by atoms with Gasteiger partial charge < -0.3 is 10.0 Å². The van der Waals surface area contributed by atoms with Gasteiger partial charge >= 0.3 is 5.97 Å². The molecule has 2 fully saturated rings. The Balaban J connectivity index is 1.65. The van der Waals surface area contributed by atoms with Gasteiger partial charge in [0.1, 0.15) is 11.6 Å². The Morgan fingerprint density at radius 2 is 2.05 bits per heavy atom. The van der Waals surface area contributed by atoms with Crippen molar-refractivity contribution in [2.24, 2.45) is 11.8 Å². The van der Waals surface area contributed by atoms with Crippen molar-refractivity contribution in [3.05, 3.63) is 35.4 Å². The predicted molar refractivity (Wildman–Crippen MR) is 69.5 cm³/mol. The van der Waals surface area contributed by atoms with Crippen LogP contribution in [-0.4, -0.2) is 35.0 Å². The quantitative estimate of drug-likeness (QED) is 0.928. The molecule has 3 atom stereocenters. The summed E-state index contributed by atoms with van der Waals surface area (Å²) in [6.45, 7) is 0.661. The second-order valence-corrected chi connectivity index (χ2v) is 5.72. The predicted octanol–water partition coefficient (Wildman–Crippen LogP) is 2.00. The first-order valence-electron chi connectivity index (χ1n) is 6.94. The van der Waals surface area contributed by atoms with E-state index >= 15 is 0 Å². The average Bonchev–Trinajstić information content (AvgIpc) is 3.04. The van der Waals surface area contributed by atoms with Gasteiger partial charge in [-0.15, -0.1) is 0 Å². The Labute approximate surface area is 120 Å². The van der Waals surface area contributed by atoms with Crippen LogP contribution in [0.1, 0.15) is 24.3 Å². The van der Waals surface area contributed by atoms with Crippen LogP contribution in [-0.2, 0) is 9.59 Å². The van der Waals surface area contributed by atoms with E-state index < -0.39 is 23.5 Å². The molecule has 1 heterocycles. The van der Waals surface area contributed by atoms with Crippen LogP contribution in [0.15, 0.2) is 18.2 Å². The van der Waals surface area contributed by atoms with Gasteiger partial charge in [0.2, 0.25) is 5.91 Å². The Hall–Kier alpha value is -1.98. The molecule has 1 aromatic carbocycles. The Morgan fingerprint density at radius 1 is 1.29 bits per heavy atom. The number of aliphatic carboxylic acids is 1. The number of carbonyl (C=O) groups is 2. The molecule has 1 aliphatic carbocycles. The minimum Gasteiger partial charge on any atom is -0.481 e. The molecule has 1 saturated carbocycles. The lowest BCUT2D eigenvalue weighted by molar-refractivity contribution is -0.141. The van der Waals surface area contributed by atoms with E-state index in [4.69, 9.17) is 5.11 Å². The van der Waals surface area contributed by atoms with Crippen molar-refractivity contribution in [3.8, 4) is 0 Å². The second kappa shape index (κ2) is 5.09. The zero-order valence-corrected chi connectivity index (χ0v) is 11.3. The number of rotatable bonds is 3. The molecule has 6 heteroatoms. The molecule has 21 heavy (non-hydrogen) atoms. The second-order valence-electron chi connectivity index (χ2n) is 5.72. The first kappa shape index (κ1) is 14.0. The molecule has 0 spiro atoms. The van der Waals surface area contributed by atoms with Crippen molar-refractivity contribution >= 4 is 11.9 Å². The van der Waals surface area contributed by atoms with Crippen molar-refractivity contribution in [1.29, 1.82) is 0 Å². The molecule has 0 aromatic heterocycles. The summed E-state index contributed by atoms with van der Waals surface area (Å²) in [6, 6.07) is 3.40. The Morgan fingerprint density at radius 3 is 2.67 bits per heavy atom. The van der Waals surface area contributed by atoms with Gasteiger partial charge in [0.15, 0.2) is 0 Å². The molecular weight excluding hydrogens is 280 g/mol. The van der Waals surface area contributed by atoms with Crippen LogP contribution in [0.4, 0.5) is 8.78 Å². The molecule has 2 aliphatic rings. The zero-order valence-electron chi connectivity index (χ0n) is 11.3. The molecule has 112 valence electrons. The van der Waals surface area contributed by atoms with Crippen molar-refractivity contribution in [2.45, 2.75) is 18.8 Å². The smallest absolute Gasteiger partial charge is 0.308 e. The number of carboxylic acids is 1. The summed E-state index contributed by atoms with van der Waals surface area (Å²) >= 11 is 0. The van der Waals surface area contributed by atoms with Crippen molar-refractivity contribution in [1.82, 2.24) is 4.90 Å². The highest BCUT2D eigenvalue weighted by Gasteiger charge is 2.48. The van der Waals surface area contributed by atoms with Gasteiger partial charge in [-0.2, -0.15) is 0 Å². The number of carboxylic acid groups (broad SMARTS) is 1. The van der Waals surface area contributed by atoms with Crippen LogP contribution in [0.5, 0.6) is 0 Å². The molecule has 1 amide bonds. The third kappa shape index (κ3) is 2.62. The topological polar surface area (TPSA) is 57.6 Å². The lowest BCUT2D eigenvalue weighted by Gasteiger charge is -2.15. The van der Waals surface area contributed by atoms with E-state index in [0.717, 1.165) is 6.07 Å². The van der Waals surface area contributed by atoms with E-state index in [2.05, 4.69) is 0 Å². The average molecular weight is 295 g/mol. The van der Waals surface area contributed by atoms with Gasteiger partial charge in [-0.1, -0.05) is 6.07 Å². The molecule has 0 unspecified atom stereocenters. The number of nitrogens with zero attached hydrogens (tertiary/aromatic N) is 1. The number of benzene rings is 1. The highest BCUT2D eigenvalue weighted by molar-refractivity contribution is 5.84. The summed E-state index contributed by atoms with van der Waals surface area (Å²) in [4.78, 5) is 24.7. The van der Waals surface area contributed by atoms with E-state index in [1.165, 1.54) is 12.1 Å². The van der Waals surface area contributed by atoms with Crippen LogP contribution >= 0.6 is 0 Å². The molecule has 1 aliphatic heterocycles. The van der Waals surface area contributed by atoms with Gasteiger partial charge in [0, 0.05) is 25.1 Å². The number of amides is 1. The maximum atomic E-state index is 13.7. The number of hydrogen-bond acceptors (Lipinski definition) is 2. The van der Waals surface area contributed by atoms with Gasteiger partial charge in [0.25, 0.3) is 0 Å². The molecular formula is C15H15F2NO3. The fraction of sp³-hybridized carbons (Fsp3) is 0.467. The number of halogens is 2. The van der Waals surface area contributed by atoms with Crippen molar-refractivity contribution in [2.75, 3.05) is 13.1 Å². The first-order valence-corrected chi connectivity index (χ1v) is 6.94. The molecule has 1 N–H and O–H groups in total. The monoisotopic (exact) mass is 295 g/mol. The summed E-state index contributed by atoms with van der Waals surface area (Å²) < 4.78 is 26.6. The SMILES string of the molecule is O=C(O)[C@@H]1CCN(C(=O)[C@@H]2C[C@H]2c2ccc(F)cc2F)C1. The summed E-state index contributed by atoms with van der Waals surface area (Å²) in [7, 11) is 0. The Kier molecular flexibility index (Phi) is 3.39. The summed E-state index contributed by atoms with van der Waals surface area (Å²) in [5.41, 5.74) is 0.365. The highest BCUT2D eigenvalue weighted by Crippen LogP contribution is 2.49. The molecule has 1 saturated heterocycles. The lowest BCUT2D eigenvalue weighted by atomic mass is 10.1. The van der Waals surface area contributed by atoms with E-state index in [1.54, 1.807) is 4.90 Å². The molecule has 4 nitrogen and oxygen atoms in total. The summed E-state index contributed by atoms with van der Waals surface area (Å²) in [6.07, 6.45) is 0.999. The highest BCUT2D eigenvalue weighted by atomic mass is 19.1. The van der Waals surface area contributed by atoms with Gasteiger partial charge in [-0.3, -0.25) is 9.59 Å². The lowest BCUT2D eigenvalue weighted by Crippen LogP contribution is -2.31. The first-order chi connectivity index (χ1) is 9.97. The van der Waals surface area contributed by atoms with E-state index in [1.807, 2.05) is 0 Å². The molecule has 3 rings (SSSR count). The largest absolute Gasteiger partial charge is 0.481 e. The standard InChI is InChI=1S/C15H15F2NO3/c16-9-1-2-10(13(17)5-9)11-6-12(11)14(19)18-4-3-8(7-18)15(20)21/h1-2,5,8,11-12H,3-4,6-7H2,(H,20,21)/t8-,11+,12-/m1/s1. The minimum atomic E-state index is -0.887. The summed E-state index contributed by atoms with van der Waals surface area (Å²) in [5.74, 6) is -3.30. The fourth-order valence-corrected chi connectivity index (χ4v) is 3.01. The molecule has 1 aromatic rings. The summed E-state index contributed by atoms with van der Waals surface area (Å²) in [5, 5.41) is 8.94. The van der Waals surface area contributed by atoms with Crippen LogP contribution in [0.2, 0.25) is 0 Å². The minimum absolute atomic E-state index is 0.118. The van der Waals surface area contributed by atoms with Gasteiger partial charge in [-0.25, -0.2) is 8.78 Å². The maximum absolute atomic E-state index is 13.7.